The first kappa shape index (κ1) is 62.7. The Kier molecular flexibility index (Phi) is 18.4. The van der Waals surface area contributed by atoms with Crippen LogP contribution in [0.4, 0.5) is 31.1 Å². The number of carbonyl (C=O) groups is 7. The molecule has 86 heavy (non-hydrogen) atoms. The van der Waals surface area contributed by atoms with Gasteiger partial charge in [0.25, 0.3) is 11.8 Å². The van der Waals surface area contributed by atoms with Gasteiger partial charge in [-0.15, -0.1) is 11.3 Å². The molecule has 460 valence electrons. The number of thiazole rings is 1. The molecule has 5 aromatic rings. The van der Waals surface area contributed by atoms with E-state index in [1.54, 1.807) is 38.5 Å². The van der Waals surface area contributed by atoms with Gasteiger partial charge in [-0.2, -0.15) is 18.3 Å². The highest BCUT2D eigenvalue weighted by molar-refractivity contribution is 7.13. The predicted molar refractivity (Wildman–Crippen MR) is 302 cm³/mol. The molecule has 5 N–H and O–H groups in total. The summed E-state index contributed by atoms with van der Waals surface area (Å²) in [7, 11) is 0. The molecule has 3 aromatic carbocycles. The van der Waals surface area contributed by atoms with Crippen LogP contribution in [0.25, 0.3) is 21.6 Å². The lowest BCUT2D eigenvalue weighted by Gasteiger charge is -2.35. The summed E-state index contributed by atoms with van der Waals surface area (Å²) in [5, 5.41) is 25.8. The van der Waals surface area contributed by atoms with Crippen molar-refractivity contribution >= 4 is 52.8 Å². The van der Waals surface area contributed by atoms with Crippen molar-refractivity contribution in [1.82, 2.24) is 50.7 Å². The molecule has 2 aliphatic heterocycles. The number of aromatic nitrogens is 3. The van der Waals surface area contributed by atoms with Gasteiger partial charge in [-0.05, 0) is 97.0 Å². The molecule has 2 aromatic heterocycles. The second-order valence-electron chi connectivity index (χ2n) is 23.5. The van der Waals surface area contributed by atoms with Crippen LogP contribution in [0.5, 0.6) is 5.75 Å². The quantitative estimate of drug-likeness (QED) is 0.0242. The van der Waals surface area contributed by atoms with Crippen molar-refractivity contribution in [3.05, 3.63) is 112 Å². The molecule has 9 rings (SSSR count). The van der Waals surface area contributed by atoms with E-state index in [2.05, 4.69) is 31.3 Å². The Morgan fingerprint density at radius 2 is 1.66 bits per heavy atom. The average molecular weight is 1220 g/mol. The van der Waals surface area contributed by atoms with Gasteiger partial charge in [-0.25, -0.2) is 22.9 Å². The Balaban J connectivity index is 0.739. The molecule has 2 saturated heterocycles. The molecule has 0 radical (unpaired) electrons. The first-order chi connectivity index (χ1) is 40.6. The van der Waals surface area contributed by atoms with E-state index in [1.165, 1.54) is 51.4 Å². The van der Waals surface area contributed by atoms with Crippen LogP contribution < -0.4 is 26.0 Å². The van der Waals surface area contributed by atoms with Gasteiger partial charge in [0, 0.05) is 56.3 Å². The second-order valence-corrected chi connectivity index (χ2v) is 24.4. The summed E-state index contributed by atoms with van der Waals surface area (Å²) in [5.41, 5.74) is 0.711. The van der Waals surface area contributed by atoms with E-state index in [1.807, 2.05) is 25.1 Å². The van der Waals surface area contributed by atoms with Crippen molar-refractivity contribution < 1.29 is 69.7 Å². The van der Waals surface area contributed by atoms with Gasteiger partial charge in [0.2, 0.25) is 23.6 Å². The molecule has 1 spiro atoms. The number of β-amino-alcohol motifs (C(OH)–C–C–N with tert-alkyl or cyclic N) is 1. The van der Waals surface area contributed by atoms with Crippen molar-refractivity contribution in [3.8, 4) is 27.3 Å². The van der Waals surface area contributed by atoms with Gasteiger partial charge in [-0.1, -0.05) is 70.0 Å². The molecule has 4 heterocycles. The van der Waals surface area contributed by atoms with Crippen LogP contribution in [0.15, 0.2) is 78.6 Å². The number of aryl methyl sites for hydroxylation is 1. The summed E-state index contributed by atoms with van der Waals surface area (Å²) in [6.07, 6.45) is -2.13. The fraction of sp³-hybridized carbons (Fsp3) is 0.483. The number of hydrogen-bond donors (Lipinski definition) is 5. The molecule has 3 fully saturated rings. The minimum atomic E-state index is -4.88. The number of benzene rings is 3. The van der Waals surface area contributed by atoms with Gasteiger partial charge in [0.05, 0.1) is 35.0 Å². The van der Waals surface area contributed by atoms with Crippen LogP contribution >= 0.6 is 11.3 Å². The summed E-state index contributed by atoms with van der Waals surface area (Å²) in [5.74, 6) is -4.60. The SMILES string of the molecule is Cc1ncsc1-c1ccc(CNC(=O)[C@@H]2C[C@@H](O)CN2C(=O)[C@@H](NC(=O)C2(F)CC2)C(C)(C)C)c(OCCCCCCNC(=O)Cn2cc(-c3ccc4c(c3)[C@H](F)C[C@]43NC(=O)N(CC(=O)N(Cc4ccc(F)cc4)[C@@H](C)C(F)(F)F)C3=O)cn2)c1. The molecule has 0 unspecified atom stereocenters. The second kappa shape index (κ2) is 25.2. The summed E-state index contributed by atoms with van der Waals surface area (Å²) in [6, 6.07) is 9.03. The number of nitrogens with zero attached hydrogens (tertiary/aromatic N) is 6. The minimum absolute atomic E-state index is 0.0239. The van der Waals surface area contributed by atoms with Gasteiger partial charge < -0.3 is 40.9 Å². The van der Waals surface area contributed by atoms with Crippen molar-refractivity contribution in [1.29, 1.82) is 0 Å². The maximum absolute atomic E-state index is 15.9. The molecule has 6 atom stereocenters. The number of unbranched alkanes of at least 4 members (excludes halogenated alkanes) is 3. The van der Waals surface area contributed by atoms with Crippen molar-refractivity contribution in [3.63, 3.8) is 0 Å². The smallest absolute Gasteiger partial charge is 0.408 e. The number of hydrogen-bond acceptors (Lipinski definition) is 12. The number of carbonyl (C=O) groups excluding carboxylic acids is 7. The van der Waals surface area contributed by atoms with Crippen molar-refractivity contribution in [2.75, 3.05) is 26.2 Å². The lowest BCUT2D eigenvalue weighted by atomic mass is 9.85. The minimum Gasteiger partial charge on any atom is -0.493 e. The third-order valence-corrected chi connectivity index (χ3v) is 17.1. The Morgan fingerprint density at radius 1 is 0.942 bits per heavy atom. The number of aliphatic hydroxyl groups is 1. The molecule has 0 bridgehead atoms. The zero-order chi connectivity index (χ0) is 62.0. The van der Waals surface area contributed by atoms with Crippen LogP contribution in [-0.4, -0.2) is 138 Å². The summed E-state index contributed by atoms with van der Waals surface area (Å²) >= 11 is 1.48. The Labute approximate surface area is 496 Å². The van der Waals surface area contributed by atoms with Crippen molar-refractivity contribution in [2.24, 2.45) is 5.41 Å². The third-order valence-electron chi connectivity index (χ3n) is 16.1. The van der Waals surface area contributed by atoms with E-state index in [4.69, 9.17) is 4.74 Å². The number of urea groups is 1. The van der Waals surface area contributed by atoms with E-state index < -0.39 is 114 Å². The number of imide groups is 1. The molecule has 26 heteroatoms. The van der Waals surface area contributed by atoms with Crippen molar-refractivity contribution in [2.45, 2.75) is 153 Å². The highest BCUT2D eigenvalue weighted by Crippen LogP contribution is 2.50. The fourth-order valence-electron chi connectivity index (χ4n) is 11.0. The molecule has 4 aliphatic rings. The van der Waals surface area contributed by atoms with Gasteiger partial charge in [0.1, 0.15) is 54.5 Å². The van der Waals surface area contributed by atoms with Gasteiger partial charge in [0.15, 0.2) is 5.67 Å². The van der Waals surface area contributed by atoms with E-state index in [0.29, 0.717) is 58.2 Å². The average Bonchev–Trinajstić information content (AvgIpc) is 1.59. The number of amides is 8. The van der Waals surface area contributed by atoms with E-state index in [-0.39, 0.29) is 61.5 Å². The number of alkyl halides is 5. The molecule has 19 nitrogen and oxygen atoms in total. The van der Waals surface area contributed by atoms with E-state index >= 15 is 4.39 Å². The maximum Gasteiger partial charge on any atom is 0.408 e. The molecule has 2 aliphatic carbocycles. The topological polar surface area (TPSA) is 238 Å². The zero-order valence-electron chi connectivity index (χ0n) is 48.1. The lowest BCUT2D eigenvalue weighted by molar-refractivity contribution is -0.187. The number of ether oxygens (including phenoxy) is 1. The van der Waals surface area contributed by atoms with E-state index in [9.17, 15) is 60.6 Å². The van der Waals surface area contributed by atoms with Crippen LogP contribution in [0.3, 0.4) is 0 Å². The molecule has 8 amide bonds. The monoisotopic (exact) mass is 1220 g/mol. The first-order valence-electron chi connectivity index (χ1n) is 28.4. The maximum atomic E-state index is 15.9. The summed E-state index contributed by atoms with van der Waals surface area (Å²) < 4.78 is 93.8. The van der Waals surface area contributed by atoms with Crippen LogP contribution in [0.2, 0.25) is 0 Å². The van der Waals surface area contributed by atoms with E-state index in [0.717, 1.165) is 48.0 Å². The van der Waals surface area contributed by atoms with Crippen LogP contribution in [0, 0.1) is 18.2 Å². The normalized spacial score (nSPS) is 20.3. The Bertz CT molecular complexity index is 3390. The molecule has 1 saturated carbocycles. The van der Waals surface area contributed by atoms with Crippen LogP contribution in [-0.2, 0) is 53.9 Å². The number of nitrogens with one attached hydrogen (secondary N) is 4. The number of aliphatic hydroxyl groups excluding tert-OH is 1. The van der Waals surface area contributed by atoms with Crippen LogP contribution in [0.1, 0.15) is 113 Å². The predicted octanol–water partition coefficient (Wildman–Crippen LogP) is 7.63. The lowest BCUT2D eigenvalue weighted by Crippen LogP contribution is -2.59. The molecular formula is C60H68F6N10O9S. The number of likely N-dealkylation sites (tertiary alicyclic amines) is 1. The zero-order valence-corrected chi connectivity index (χ0v) is 48.9. The first-order valence-corrected chi connectivity index (χ1v) is 29.3. The number of halogens is 6. The largest absolute Gasteiger partial charge is 0.493 e. The Morgan fingerprint density at radius 3 is 2.35 bits per heavy atom. The number of fused-ring (bicyclic) bond motifs is 2. The standard InChI is InChI=1S/C60H68F6N10O9S/c1-34-50(86-33-69-34)38-12-13-39(26-68-52(80)46-24-42(77)30-75(46)53(81)51(57(3,4)5)71-54(82)58(63)18-19-58)47(23-38)85-21-9-7-6-8-20-67-48(78)31-73-29-40(27-70-73)37-14-17-44-43(22-37)45(62)25-59(44)55(83)76(56(84)72-59)32-49(79)74(35(2)60(64,65)66)28-36-10-15-41(61)16-11-36/h10-17,22-23,27,29,33,35,42,45-46,51,77H,6-9,18-21,24-26,28,30-32H2,1-5H3,(H,67,78)(H,68,80)(H,71,82)(H,72,84)/t35-,42+,45+,46-,51+,59-/m0/s1. The van der Waals surface area contributed by atoms with Gasteiger partial charge in [-0.3, -0.25) is 38.3 Å². The summed E-state index contributed by atoms with van der Waals surface area (Å²) in [6.45, 7) is 6.66. The molecular weight excluding hydrogens is 1150 g/mol. The highest BCUT2D eigenvalue weighted by Gasteiger charge is 2.59. The van der Waals surface area contributed by atoms with Gasteiger partial charge >= 0.3 is 12.2 Å². The Hall–Kier alpha value is -7.87. The third kappa shape index (κ3) is 13.9. The fourth-order valence-corrected chi connectivity index (χ4v) is 11.8. The summed E-state index contributed by atoms with van der Waals surface area (Å²) in [4.78, 5) is 102. The number of rotatable bonds is 23. The highest BCUT2D eigenvalue weighted by atomic mass is 32.1.